The highest BCUT2D eigenvalue weighted by atomic mass is 35.5. The first-order valence-electron chi connectivity index (χ1n) is 6.90. The number of carbonyl (C=O) groups excluding carboxylic acids is 1. The van der Waals surface area contributed by atoms with Gasteiger partial charge >= 0.3 is 6.18 Å². The Morgan fingerprint density at radius 1 is 1.56 bits per heavy atom. The standard InChI is InChI=1S/C14H15Cl2F3N4OS/c1-2-23(11(24)8-25-13(16)14(17,18)19)10(12(15)20)7-22-9-4-3-5-21-6-9/h3-7,13,20,22H,2,8H2,1H3/b10-7+,20-12?. The molecule has 5 nitrogen and oxygen atoms in total. The van der Waals surface area contributed by atoms with Crippen LogP contribution in [0.5, 0.6) is 0 Å². The molecule has 1 aromatic heterocycles. The highest BCUT2D eigenvalue weighted by Crippen LogP contribution is 2.33. The lowest BCUT2D eigenvalue weighted by molar-refractivity contribution is -0.126. The number of anilines is 1. The number of aromatic nitrogens is 1. The summed E-state index contributed by atoms with van der Waals surface area (Å²) < 4.78 is 35.1. The van der Waals surface area contributed by atoms with Gasteiger partial charge in [-0.05, 0) is 19.1 Å². The fourth-order valence-corrected chi connectivity index (χ4v) is 2.64. The molecule has 0 spiro atoms. The largest absolute Gasteiger partial charge is 0.414 e. The van der Waals surface area contributed by atoms with Crippen molar-refractivity contribution >= 4 is 51.7 Å². The molecule has 0 aliphatic heterocycles. The van der Waals surface area contributed by atoms with Crippen LogP contribution in [0.25, 0.3) is 0 Å². The third-order valence-electron chi connectivity index (χ3n) is 2.78. The van der Waals surface area contributed by atoms with Gasteiger partial charge in [0.15, 0.2) is 4.71 Å². The maximum atomic E-state index is 12.4. The van der Waals surface area contributed by atoms with Crippen molar-refractivity contribution in [3.8, 4) is 0 Å². The summed E-state index contributed by atoms with van der Waals surface area (Å²) >= 11 is 11.2. The molecule has 1 amide bonds. The van der Waals surface area contributed by atoms with Crippen LogP contribution in [-0.4, -0.2) is 44.1 Å². The Balaban J connectivity index is 2.84. The van der Waals surface area contributed by atoms with Gasteiger partial charge in [0.1, 0.15) is 5.17 Å². The Labute approximate surface area is 157 Å². The topological polar surface area (TPSA) is 69.1 Å². The van der Waals surface area contributed by atoms with E-state index < -0.39 is 27.7 Å². The zero-order valence-electron chi connectivity index (χ0n) is 13.0. The molecule has 1 unspecified atom stereocenters. The minimum atomic E-state index is -4.61. The highest BCUT2D eigenvalue weighted by molar-refractivity contribution is 8.01. The lowest BCUT2D eigenvalue weighted by Crippen LogP contribution is -2.35. The molecule has 25 heavy (non-hydrogen) atoms. The van der Waals surface area contributed by atoms with E-state index in [2.05, 4.69) is 10.3 Å². The van der Waals surface area contributed by atoms with Crippen LogP contribution in [-0.2, 0) is 4.79 Å². The van der Waals surface area contributed by atoms with E-state index in [1.807, 2.05) is 0 Å². The predicted molar refractivity (Wildman–Crippen MR) is 95.1 cm³/mol. The van der Waals surface area contributed by atoms with E-state index in [0.29, 0.717) is 5.69 Å². The molecular weight excluding hydrogens is 400 g/mol. The quantitative estimate of drug-likeness (QED) is 0.492. The monoisotopic (exact) mass is 414 g/mol. The molecule has 0 aromatic carbocycles. The van der Waals surface area contributed by atoms with E-state index in [9.17, 15) is 18.0 Å². The molecule has 11 heteroatoms. The van der Waals surface area contributed by atoms with Crippen LogP contribution in [0.15, 0.2) is 36.4 Å². The number of pyridine rings is 1. The molecule has 0 bridgehead atoms. The van der Waals surface area contributed by atoms with Gasteiger partial charge in [0, 0.05) is 18.9 Å². The van der Waals surface area contributed by atoms with Gasteiger partial charge < -0.3 is 10.2 Å². The molecule has 0 saturated carbocycles. The minimum Gasteiger partial charge on any atom is -0.358 e. The van der Waals surface area contributed by atoms with E-state index in [0.717, 1.165) is 4.90 Å². The van der Waals surface area contributed by atoms with Crippen LogP contribution in [0.2, 0.25) is 0 Å². The lowest BCUT2D eigenvalue weighted by Gasteiger charge is -2.23. The summed E-state index contributed by atoms with van der Waals surface area (Å²) in [5.41, 5.74) is 0.616. The maximum Gasteiger partial charge on any atom is 0.414 e. The SMILES string of the molecule is CCN(C(=O)CSC(Cl)C(F)(F)F)/C(=C/Nc1cccnc1)C(=N)Cl. The van der Waals surface area contributed by atoms with Crippen molar-refractivity contribution in [1.29, 1.82) is 5.41 Å². The van der Waals surface area contributed by atoms with Gasteiger partial charge in [-0.15, -0.1) is 23.4 Å². The molecule has 0 aliphatic rings. The first-order chi connectivity index (χ1) is 11.7. The molecule has 1 rings (SSSR count). The first-order valence-corrected chi connectivity index (χ1v) is 8.77. The van der Waals surface area contributed by atoms with E-state index >= 15 is 0 Å². The molecule has 1 heterocycles. The molecular formula is C14H15Cl2F3N4OS. The van der Waals surface area contributed by atoms with Crippen LogP contribution < -0.4 is 5.32 Å². The summed E-state index contributed by atoms with van der Waals surface area (Å²) in [5.74, 6) is -1.15. The van der Waals surface area contributed by atoms with Gasteiger partial charge in [0.05, 0.1) is 23.3 Å². The number of nitrogens with one attached hydrogen (secondary N) is 2. The van der Waals surface area contributed by atoms with E-state index in [1.165, 1.54) is 12.4 Å². The van der Waals surface area contributed by atoms with Gasteiger partial charge in [-0.1, -0.05) is 11.6 Å². The number of allylic oxidation sites excluding steroid dienone is 1. The smallest absolute Gasteiger partial charge is 0.358 e. The summed E-state index contributed by atoms with van der Waals surface area (Å²) in [6.45, 7) is 1.73. The number of nitrogens with zero attached hydrogens (tertiary/aromatic N) is 2. The van der Waals surface area contributed by atoms with Crippen molar-refractivity contribution in [2.24, 2.45) is 0 Å². The second kappa shape index (κ2) is 9.88. The maximum absolute atomic E-state index is 12.4. The fraction of sp³-hybridized carbons (Fsp3) is 0.357. The molecule has 0 saturated heterocycles. The van der Waals surface area contributed by atoms with Crippen molar-refractivity contribution < 1.29 is 18.0 Å². The molecule has 0 aliphatic carbocycles. The van der Waals surface area contributed by atoms with E-state index in [-0.39, 0.29) is 24.0 Å². The molecule has 0 fully saturated rings. The number of carbonyl (C=O) groups is 1. The van der Waals surface area contributed by atoms with Gasteiger partial charge in [-0.2, -0.15) is 13.2 Å². The van der Waals surface area contributed by atoms with Crippen LogP contribution >= 0.6 is 35.0 Å². The Morgan fingerprint density at radius 3 is 2.72 bits per heavy atom. The fourth-order valence-electron chi connectivity index (χ4n) is 1.66. The van der Waals surface area contributed by atoms with Crippen molar-refractivity contribution in [3.05, 3.63) is 36.4 Å². The Bertz CT molecular complexity index is 628. The number of hydrogen-bond acceptors (Lipinski definition) is 5. The van der Waals surface area contributed by atoms with Crippen molar-refractivity contribution in [3.63, 3.8) is 0 Å². The van der Waals surface area contributed by atoms with Crippen molar-refractivity contribution in [2.45, 2.75) is 17.8 Å². The van der Waals surface area contributed by atoms with Gasteiger partial charge in [0.2, 0.25) is 5.91 Å². The third kappa shape index (κ3) is 7.13. The number of rotatable bonds is 8. The Kier molecular flexibility index (Phi) is 8.54. The Hall–Kier alpha value is -1.45. The van der Waals surface area contributed by atoms with Crippen LogP contribution in [0.3, 0.4) is 0 Å². The lowest BCUT2D eigenvalue weighted by atomic mass is 10.3. The molecule has 2 N–H and O–H groups in total. The van der Waals surface area contributed by atoms with Crippen LogP contribution in [0.4, 0.5) is 18.9 Å². The summed E-state index contributed by atoms with van der Waals surface area (Å²) in [5, 5.41) is 9.99. The summed E-state index contributed by atoms with van der Waals surface area (Å²) in [4.78, 5) is 17.2. The zero-order valence-corrected chi connectivity index (χ0v) is 15.3. The number of halogens is 5. The van der Waals surface area contributed by atoms with Crippen molar-refractivity contribution in [1.82, 2.24) is 9.88 Å². The summed E-state index contributed by atoms with van der Waals surface area (Å²) in [7, 11) is 0. The molecule has 1 aromatic rings. The minimum absolute atomic E-state index is 0.0248. The number of amides is 1. The molecule has 1 atom stereocenters. The third-order valence-corrected chi connectivity index (χ3v) is 4.57. The number of thioether (sulfide) groups is 1. The second-order valence-electron chi connectivity index (χ2n) is 4.54. The molecule has 0 radical (unpaired) electrons. The van der Waals surface area contributed by atoms with Gasteiger partial charge in [0.25, 0.3) is 0 Å². The van der Waals surface area contributed by atoms with Crippen molar-refractivity contribution in [2.75, 3.05) is 17.6 Å². The number of hydrogen-bond donors (Lipinski definition) is 2. The summed E-state index contributed by atoms with van der Waals surface area (Å²) in [6, 6.07) is 3.38. The predicted octanol–water partition coefficient (Wildman–Crippen LogP) is 4.26. The number of alkyl halides is 4. The van der Waals surface area contributed by atoms with Crippen LogP contribution in [0.1, 0.15) is 6.92 Å². The highest BCUT2D eigenvalue weighted by Gasteiger charge is 2.39. The van der Waals surface area contributed by atoms with Gasteiger partial charge in [-0.25, -0.2) is 0 Å². The van der Waals surface area contributed by atoms with Gasteiger partial charge in [-0.3, -0.25) is 15.2 Å². The van der Waals surface area contributed by atoms with E-state index in [4.69, 9.17) is 28.6 Å². The normalized spacial score (nSPS) is 13.3. The summed E-state index contributed by atoms with van der Waals surface area (Å²) in [6.07, 6.45) is -0.202. The molecule has 138 valence electrons. The first kappa shape index (κ1) is 21.6. The Morgan fingerprint density at radius 2 is 2.24 bits per heavy atom. The average Bonchev–Trinajstić information content (AvgIpc) is 2.55. The van der Waals surface area contributed by atoms with E-state index in [1.54, 1.807) is 25.3 Å². The second-order valence-corrected chi connectivity index (χ2v) is 6.70. The van der Waals surface area contributed by atoms with Crippen LogP contribution in [0, 0.1) is 5.41 Å². The zero-order chi connectivity index (χ0) is 19.0. The average molecular weight is 415 g/mol.